The van der Waals surface area contributed by atoms with E-state index in [1.165, 1.54) is 18.2 Å². The molecule has 2 aromatic carbocycles. The Morgan fingerprint density at radius 3 is 2.42 bits per heavy atom. The zero-order valence-electron chi connectivity index (χ0n) is 20.7. The van der Waals surface area contributed by atoms with Crippen molar-refractivity contribution in [3.63, 3.8) is 0 Å². The van der Waals surface area contributed by atoms with Crippen LogP contribution in [0, 0.1) is 0 Å². The van der Waals surface area contributed by atoms with E-state index < -0.39 is 5.63 Å². The summed E-state index contributed by atoms with van der Waals surface area (Å²) in [6, 6.07) is 12.8. The highest BCUT2D eigenvalue weighted by molar-refractivity contribution is 6.30. The lowest BCUT2D eigenvalue weighted by Crippen LogP contribution is -2.22. The van der Waals surface area contributed by atoms with E-state index in [-0.39, 0.29) is 30.7 Å². The summed E-state index contributed by atoms with van der Waals surface area (Å²) < 4.78 is 20.6. The first-order valence-electron chi connectivity index (χ1n) is 10.9. The largest absolute Gasteiger partial charge is 0.504 e. The summed E-state index contributed by atoms with van der Waals surface area (Å²) in [5.41, 5.74) is 1.10. The Morgan fingerprint density at radius 2 is 1.78 bits per heavy atom. The number of benzene rings is 2. The number of hydrogen-bond donors (Lipinski definition) is 1. The van der Waals surface area contributed by atoms with Gasteiger partial charge in [0.25, 0.3) is 0 Å². The predicted molar refractivity (Wildman–Crippen MR) is 143 cm³/mol. The number of likely N-dealkylation sites (N-methyl/N-ethyl adjacent to an activating group) is 1. The highest BCUT2D eigenvalue weighted by Gasteiger charge is 2.07. The maximum Gasteiger partial charge on any atom is 0.344 e. The van der Waals surface area contributed by atoms with Gasteiger partial charge < -0.3 is 28.6 Å². The monoisotopic (exact) mass is 539 g/mol. The van der Waals surface area contributed by atoms with Crippen LogP contribution in [0.2, 0.25) is 5.02 Å². The van der Waals surface area contributed by atoms with Gasteiger partial charge in [-0.15, -0.1) is 12.4 Å². The number of carbonyl (C=O) groups excluding carboxylic acids is 1. The fourth-order valence-electron chi connectivity index (χ4n) is 2.56. The summed E-state index contributed by atoms with van der Waals surface area (Å²) in [7, 11) is 3.83. The van der Waals surface area contributed by atoms with Crippen LogP contribution in [0.25, 0.3) is 11.0 Å². The van der Waals surface area contributed by atoms with E-state index in [0.29, 0.717) is 47.2 Å². The molecule has 0 unspecified atom stereocenters. The maximum atomic E-state index is 11.3. The van der Waals surface area contributed by atoms with E-state index in [1.54, 1.807) is 30.3 Å². The van der Waals surface area contributed by atoms with Crippen LogP contribution in [-0.4, -0.2) is 56.4 Å². The van der Waals surface area contributed by atoms with Crippen LogP contribution in [0.15, 0.2) is 69.4 Å². The molecule has 0 aliphatic heterocycles. The lowest BCUT2D eigenvalue weighted by atomic mass is 10.2. The fraction of sp³-hybridized carbons (Fsp3) is 0.308. The molecule has 1 heterocycles. The van der Waals surface area contributed by atoms with Gasteiger partial charge in [-0.1, -0.05) is 17.2 Å². The van der Waals surface area contributed by atoms with Crippen molar-refractivity contribution in [2.45, 2.75) is 13.8 Å². The van der Waals surface area contributed by atoms with Gasteiger partial charge in [0.05, 0.1) is 0 Å². The van der Waals surface area contributed by atoms with Crippen LogP contribution >= 0.6 is 24.0 Å². The van der Waals surface area contributed by atoms with Crippen molar-refractivity contribution in [3.05, 3.63) is 75.6 Å². The summed E-state index contributed by atoms with van der Waals surface area (Å²) >= 11 is 5.72. The molecule has 0 saturated heterocycles. The number of nitrogens with zero attached hydrogens (tertiary/aromatic N) is 1. The van der Waals surface area contributed by atoms with Crippen LogP contribution < -0.4 is 15.1 Å². The Hall–Kier alpha value is -3.20. The Kier molecular flexibility index (Phi) is 13.5. The third-order valence-corrected chi connectivity index (χ3v) is 4.66. The van der Waals surface area contributed by atoms with Crippen molar-refractivity contribution >= 4 is 40.9 Å². The second-order valence-corrected chi connectivity index (χ2v) is 8.41. The van der Waals surface area contributed by atoms with E-state index in [4.69, 9.17) is 30.2 Å². The van der Waals surface area contributed by atoms with Crippen LogP contribution in [-0.2, 0) is 9.53 Å². The molecule has 0 atom stereocenters. The van der Waals surface area contributed by atoms with Crippen molar-refractivity contribution in [2.75, 3.05) is 40.5 Å². The van der Waals surface area contributed by atoms with Gasteiger partial charge in [-0.05, 0) is 70.4 Å². The van der Waals surface area contributed by atoms with Crippen LogP contribution in [0.4, 0.5) is 0 Å². The number of aromatic hydroxyl groups is 1. The number of hydrogen-bond acceptors (Lipinski definition) is 8. The fourth-order valence-corrected chi connectivity index (χ4v) is 2.68. The Morgan fingerprint density at radius 1 is 1.08 bits per heavy atom. The highest BCUT2D eigenvalue weighted by Crippen LogP contribution is 2.30. The number of phenolic OH excluding ortho intramolecular Hbond substituents is 1. The SMILES string of the molecule is CC(C)=CCOc1cc2oc(=O)ccc2cc1O.CN(C)CCOC(=O)COc1ccc(Cl)cc1.Cl. The molecule has 0 bridgehead atoms. The number of esters is 1. The van der Waals surface area contributed by atoms with Crippen molar-refractivity contribution in [1.29, 1.82) is 0 Å². The minimum atomic E-state index is -0.427. The van der Waals surface area contributed by atoms with Gasteiger partial charge in [0.15, 0.2) is 18.1 Å². The molecule has 1 N–H and O–H groups in total. The van der Waals surface area contributed by atoms with Gasteiger partial charge in [-0.25, -0.2) is 9.59 Å². The Bertz CT molecular complexity index is 1190. The molecule has 3 rings (SSSR count). The summed E-state index contributed by atoms with van der Waals surface area (Å²) in [5, 5.41) is 11.1. The first kappa shape index (κ1) is 30.8. The normalized spacial score (nSPS) is 10.1. The number of allylic oxidation sites excluding steroid dienone is 1. The number of fused-ring (bicyclic) bond motifs is 1. The standard InChI is InChI=1S/C14H14O4.C12H16ClNO3.ClH/c1-9(2)5-6-17-13-8-12-10(7-11(13)15)3-4-14(16)18-12;1-14(2)7-8-16-12(15)9-17-11-5-3-10(13)4-6-11;/h3-5,7-8,15H,6H2,1-2H3;3-6H,7-9H2,1-2H3;1H. The molecule has 196 valence electrons. The molecule has 0 radical (unpaired) electrons. The number of rotatable bonds is 9. The van der Waals surface area contributed by atoms with Crippen molar-refractivity contribution in [1.82, 2.24) is 4.90 Å². The van der Waals surface area contributed by atoms with Crippen LogP contribution in [0.1, 0.15) is 13.8 Å². The molecule has 36 heavy (non-hydrogen) atoms. The third-order valence-electron chi connectivity index (χ3n) is 4.40. The molecule has 8 nitrogen and oxygen atoms in total. The topological polar surface area (TPSA) is 98.4 Å². The van der Waals surface area contributed by atoms with Gasteiger partial charge in [0, 0.05) is 29.1 Å². The summed E-state index contributed by atoms with van der Waals surface area (Å²) in [6.07, 6.45) is 1.89. The van der Waals surface area contributed by atoms with Crippen molar-refractivity contribution in [3.8, 4) is 17.2 Å². The number of halogens is 2. The smallest absolute Gasteiger partial charge is 0.344 e. The summed E-state index contributed by atoms with van der Waals surface area (Å²) in [4.78, 5) is 24.3. The Balaban J connectivity index is 0.000000351. The summed E-state index contributed by atoms with van der Waals surface area (Å²) in [5.74, 6) is 0.550. The molecule has 3 aromatic rings. The summed E-state index contributed by atoms with van der Waals surface area (Å²) in [6.45, 7) is 5.27. The molecule has 0 saturated carbocycles. The first-order chi connectivity index (χ1) is 16.6. The molecular formula is C26H31Cl2NO7. The maximum absolute atomic E-state index is 11.3. The lowest BCUT2D eigenvalue weighted by Gasteiger charge is -2.10. The van der Waals surface area contributed by atoms with E-state index in [1.807, 2.05) is 38.9 Å². The van der Waals surface area contributed by atoms with E-state index >= 15 is 0 Å². The first-order valence-corrected chi connectivity index (χ1v) is 11.2. The van der Waals surface area contributed by atoms with Gasteiger partial charge in [-0.3, -0.25) is 0 Å². The number of ether oxygens (including phenoxy) is 3. The van der Waals surface area contributed by atoms with Gasteiger partial charge in [-0.2, -0.15) is 0 Å². The molecule has 0 spiro atoms. The Labute approximate surface area is 221 Å². The van der Waals surface area contributed by atoms with Crippen molar-refractivity contribution in [2.24, 2.45) is 0 Å². The van der Waals surface area contributed by atoms with E-state index in [9.17, 15) is 14.7 Å². The van der Waals surface area contributed by atoms with Crippen LogP contribution in [0.3, 0.4) is 0 Å². The molecule has 0 aliphatic carbocycles. The molecule has 0 amide bonds. The highest BCUT2D eigenvalue weighted by atomic mass is 35.5. The van der Waals surface area contributed by atoms with Crippen LogP contribution in [0.5, 0.6) is 17.2 Å². The van der Waals surface area contributed by atoms with Crippen molar-refractivity contribution < 1.29 is 28.5 Å². The minimum Gasteiger partial charge on any atom is -0.504 e. The zero-order chi connectivity index (χ0) is 25.8. The third kappa shape index (κ3) is 11.5. The number of phenols is 1. The molecule has 0 aliphatic rings. The molecule has 10 heteroatoms. The lowest BCUT2D eigenvalue weighted by molar-refractivity contribution is -0.146. The minimum absolute atomic E-state index is 0. The average molecular weight is 540 g/mol. The van der Waals surface area contributed by atoms with Gasteiger partial charge >= 0.3 is 11.6 Å². The quantitative estimate of drug-likeness (QED) is 0.228. The second-order valence-electron chi connectivity index (χ2n) is 7.97. The van der Waals surface area contributed by atoms with E-state index in [2.05, 4.69) is 0 Å². The van der Waals surface area contributed by atoms with Gasteiger partial charge in [0.1, 0.15) is 24.5 Å². The second kappa shape index (κ2) is 15.7. The van der Waals surface area contributed by atoms with E-state index in [0.717, 1.165) is 5.57 Å². The number of carbonyl (C=O) groups is 1. The van der Waals surface area contributed by atoms with Gasteiger partial charge in [0.2, 0.25) is 0 Å². The zero-order valence-corrected chi connectivity index (χ0v) is 22.2. The predicted octanol–water partition coefficient (Wildman–Crippen LogP) is 5.09. The molecule has 1 aromatic heterocycles. The molecule has 0 fully saturated rings. The molecular weight excluding hydrogens is 509 g/mol. The average Bonchev–Trinajstić information content (AvgIpc) is 2.79.